The number of hydrogen-bond acceptors (Lipinski definition) is 7. The topological polar surface area (TPSA) is 106 Å². The molecule has 7 nitrogen and oxygen atoms in total. The molecule has 0 amide bonds. The van der Waals surface area contributed by atoms with Gasteiger partial charge in [-0.2, -0.15) is 13.2 Å². The van der Waals surface area contributed by atoms with Gasteiger partial charge >= 0.3 is 12.1 Å². The Morgan fingerprint density at radius 1 is 1.60 bits per heavy atom. The summed E-state index contributed by atoms with van der Waals surface area (Å²) in [6, 6.07) is 0. The smallest absolute Gasteiger partial charge is 0.415 e. The van der Waals surface area contributed by atoms with Crippen LogP contribution in [0, 0.1) is 0 Å². The molecule has 0 aromatic carbocycles. The third kappa shape index (κ3) is 3.88. The number of aromatic nitrogens is 1. The number of aliphatic hydroxyl groups excluding tert-OH is 1. The number of nitrogens with one attached hydrogen (secondary N) is 1. The van der Waals surface area contributed by atoms with E-state index >= 15 is 0 Å². The Bertz CT molecular complexity index is 583. The predicted octanol–water partition coefficient (Wildman–Crippen LogP) is 0.131. The van der Waals surface area contributed by atoms with E-state index in [9.17, 15) is 26.4 Å². The molecule has 2 N–H and O–H groups in total. The summed E-state index contributed by atoms with van der Waals surface area (Å²) < 4.78 is 64.9. The number of sulfonamides is 1. The average Bonchev–Trinajstić information content (AvgIpc) is 2.83. The molecule has 0 saturated heterocycles. The molecule has 1 atom stereocenters. The molecule has 12 heteroatoms. The van der Waals surface area contributed by atoms with Crippen LogP contribution in [-0.2, 0) is 14.8 Å². The summed E-state index contributed by atoms with van der Waals surface area (Å²) in [5.74, 6) is -1.04. The molecular formula is C8H9F3N2O5S2. The lowest BCUT2D eigenvalue weighted by molar-refractivity contribution is -0.200. The largest absolute Gasteiger partial charge is 0.464 e. The minimum absolute atomic E-state index is 0.534. The van der Waals surface area contributed by atoms with Crippen LogP contribution in [0.1, 0.15) is 10.5 Å². The SMILES string of the molecule is COC(=O)c1ncsc1S(=O)(=O)NCC(O)C(F)(F)F. The Morgan fingerprint density at radius 3 is 2.70 bits per heavy atom. The highest BCUT2D eigenvalue weighted by molar-refractivity contribution is 7.91. The van der Waals surface area contributed by atoms with Crippen LogP contribution in [0.2, 0.25) is 0 Å². The van der Waals surface area contributed by atoms with Crippen molar-refractivity contribution in [2.75, 3.05) is 13.7 Å². The lowest BCUT2D eigenvalue weighted by atomic mass is 10.4. The summed E-state index contributed by atoms with van der Waals surface area (Å²) in [6.45, 7) is -1.27. The van der Waals surface area contributed by atoms with Crippen LogP contribution >= 0.6 is 11.3 Å². The summed E-state index contributed by atoms with van der Waals surface area (Å²) in [5, 5.41) is 8.72. The molecule has 1 unspecified atom stereocenters. The van der Waals surface area contributed by atoms with Gasteiger partial charge in [0.05, 0.1) is 12.6 Å². The fourth-order valence-electron chi connectivity index (χ4n) is 1.03. The first kappa shape index (κ1) is 16.8. The Balaban J connectivity index is 2.91. The number of carbonyl (C=O) groups is 1. The number of nitrogens with zero attached hydrogens (tertiary/aromatic N) is 1. The molecule has 0 fully saturated rings. The summed E-state index contributed by atoms with van der Waals surface area (Å²) >= 11 is 0.534. The maximum atomic E-state index is 12.1. The van der Waals surface area contributed by atoms with Gasteiger partial charge in [0, 0.05) is 6.54 Å². The zero-order valence-corrected chi connectivity index (χ0v) is 11.5. The maximum absolute atomic E-state index is 12.1. The van der Waals surface area contributed by atoms with Crippen molar-refractivity contribution in [1.82, 2.24) is 9.71 Å². The monoisotopic (exact) mass is 334 g/mol. The molecule has 1 aromatic rings. The van der Waals surface area contributed by atoms with Crippen LogP contribution in [0.25, 0.3) is 0 Å². The van der Waals surface area contributed by atoms with Gasteiger partial charge in [0.1, 0.15) is 0 Å². The number of thiazole rings is 1. The molecule has 1 aromatic heterocycles. The molecule has 0 aliphatic carbocycles. The van der Waals surface area contributed by atoms with E-state index < -0.39 is 44.7 Å². The number of alkyl halides is 3. The van der Waals surface area contributed by atoms with E-state index in [0.717, 1.165) is 12.6 Å². The van der Waals surface area contributed by atoms with Gasteiger partial charge in [0.25, 0.3) is 10.0 Å². The molecule has 1 heterocycles. The second-order valence-electron chi connectivity index (χ2n) is 3.39. The summed E-state index contributed by atoms with van der Waals surface area (Å²) in [7, 11) is -3.41. The molecule has 0 saturated carbocycles. The van der Waals surface area contributed by atoms with Crippen molar-refractivity contribution in [3.8, 4) is 0 Å². The Kier molecular flexibility index (Phi) is 5.07. The van der Waals surface area contributed by atoms with Gasteiger partial charge in [0.15, 0.2) is 16.0 Å². The second kappa shape index (κ2) is 6.03. The fraction of sp³-hybridized carbons (Fsp3) is 0.500. The zero-order valence-electron chi connectivity index (χ0n) is 9.84. The van der Waals surface area contributed by atoms with Gasteiger partial charge in [-0.05, 0) is 0 Å². The number of esters is 1. The third-order valence-corrected chi connectivity index (χ3v) is 4.80. The molecule has 0 spiro atoms. The summed E-state index contributed by atoms with van der Waals surface area (Å²) in [6.07, 6.45) is -7.81. The van der Waals surface area contributed by atoms with Gasteiger partial charge in [-0.25, -0.2) is 22.9 Å². The van der Waals surface area contributed by atoms with Crippen LogP contribution < -0.4 is 4.72 Å². The van der Waals surface area contributed by atoms with Crippen LogP contribution in [0.4, 0.5) is 13.2 Å². The van der Waals surface area contributed by atoms with E-state index in [0.29, 0.717) is 11.3 Å². The molecule has 0 radical (unpaired) electrons. The van der Waals surface area contributed by atoms with E-state index in [1.54, 1.807) is 4.72 Å². The molecule has 0 aliphatic rings. The Morgan fingerprint density at radius 2 is 2.20 bits per heavy atom. The van der Waals surface area contributed by atoms with Gasteiger partial charge in [-0.15, -0.1) is 11.3 Å². The van der Waals surface area contributed by atoms with E-state index in [4.69, 9.17) is 5.11 Å². The number of carbonyl (C=O) groups excluding carboxylic acids is 1. The first-order chi connectivity index (χ1) is 9.09. The van der Waals surface area contributed by atoms with Crippen LogP contribution in [0.15, 0.2) is 9.72 Å². The number of ether oxygens (including phenoxy) is 1. The summed E-state index contributed by atoms with van der Waals surface area (Å²) in [5.41, 5.74) is 0.493. The van der Waals surface area contributed by atoms with Gasteiger partial charge < -0.3 is 9.84 Å². The lowest BCUT2D eigenvalue weighted by Gasteiger charge is -2.14. The minimum Gasteiger partial charge on any atom is -0.464 e. The molecule has 1 rings (SSSR count). The van der Waals surface area contributed by atoms with Crippen molar-refractivity contribution in [3.63, 3.8) is 0 Å². The van der Waals surface area contributed by atoms with Crippen molar-refractivity contribution in [2.24, 2.45) is 0 Å². The maximum Gasteiger partial charge on any atom is 0.415 e. The Hall–Kier alpha value is -1.24. The van der Waals surface area contributed by atoms with Gasteiger partial charge in [0.2, 0.25) is 0 Å². The third-order valence-electron chi connectivity index (χ3n) is 2.00. The number of rotatable bonds is 5. The van der Waals surface area contributed by atoms with Crippen LogP contribution in [-0.4, -0.2) is 50.4 Å². The number of hydrogen-bond donors (Lipinski definition) is 2. The second-order valence-corrected chi connectivity index (χ2v) is 6.21. The van der Waals surface area contributed by atoms with Crippen molar-refractivity contribution >= 4 is 27.3 Å². The normalized spacial score (nSPS) is 14.1. The number of halogens is 3. The number of methoxy groups -OCH3 is 1. The van der Waals surface area contributed by atoms with E-state index in [1.807, 2.05) is 0 Å². The van der Waals surface area contributed by atoms with Crippen LogP contribution in [0.3, 0.4) is 0 Å². The van der Waals surface area contributed by atoms with E-state index in [2.05, 4.69) is 9.72 Å². The standard InChI is InChI=1S/C8H9F3N2O5S2/c1-18-6(15)5-7(19-3-12-5)20(16,17)13-2-4(14)8(9,10)11/h3-4,13-14H,2H2,1H3. The highest BCUT2D eigenvalue weighted by Crippen LogP contribution is 2.22. The molecule has 20 heavy (non-hydrogen) atoms. The number of aliphatic hydroxyl groups is 1. The van der Waals surface area contributed by atoms with Crippen LogP contribution in [0.5, 0.6) is 0 Å². The van der Waals surface area contributed by atoms with Crippen molar-refractivity contribution < 1.29 is 36.2 Å². The highest BCUT2D eigenvalue weighted by Gasteiger charge is 2.39. The van der Waals surface area contributed by atoms with Crippen molar-refractivity contribution in [1.29, 1.82) is 0 Å². The fourth-order valence-corrected chi connectivity index (χ4v) is 3.24. The predicted molar refractivity (Wildman–Crippen MR) is 60.7 cm³/mol. The van der Waals surface area contributed by atoms with Crippen molar-refractivity contribution in [3.05, 3.63) is 11.2 Å². The quantitative estimate of drug-likeness (QED) is 0.742. The first-order valence-corrected chi connectivity index (χ1v) is 7.22. The molecular weight excluding hydrogens is 325 g/mol. The average molecular weight is 334 g/mol. The lowest BCUT2D eigenvalue weighted by Crippen LogP contribution is -2.40. The first-order valence-electron chi connectivity index (χ1n) is 4.86. The molecule has 0 bridgehead atoms. The highest BCUT2D eigenvalue weighted by atomic mass is 32.2. The van der Waals surface area contributed by atoms with E-state index in [1.165, 1.54) is 0 Å². The molecule has 114 valence electrons. The Labute approximate surface area is 115 Å². The summed E-state index contributed by atoms with van der Waals surface area (Å²) in [4.78, 5) is 14.7. The molecule has 0 aliphatic heterocycles. The van der Waals surface area contributed by atoms with Gasteiger partial charge in [-0.1, -0.05) is 0 Å². The zero-order chi connectivity index (χ0) is 15.6. The van der Waals surface area contributed by atoms with Crippen molar-refractivity contribution in [2.45, 2.75) is 16.5 Å². The minimum atomic E-state index is -4.96. The van der Waals surface area contributed by atoms with E-state index in [-0.39, 0.29) is 0 Å². The van der Waals surface area contributed by atoms with Gasteiger partial charge in [-0.3, -0.25) is 0 Å².